The molecular formula is C13H20N2O2. The van der Waals surface area contributed by atoms with Gasteiger partial charge in [-0.2, -0.15) is 0 Å². The van der Waals surface area contributed by atoms with Crippen molar-refractivity contribution in [1.29, 1.82) is 0 Å². The fraction of sp³-hybridized carbons (Fsp3) is 0.462. The minimum Gasteiger partial charge on any atom is -0.508 e. The van der Waals surface area contributed by atoms with Gasteiger partial charge in [0.05, 0.1) is 0 Å². The largest absolute Gasteiger partial charge is 0.508 e. The number of aryl methyl sites for hydroxylation is 2. The molecule has 0 saturated carbocycles. The molecule has 0 aliphatic carbocycles. The highest BCUT2D eigenvalue weighted by molar-refractivity contribution is 5.91. The van der Waals surface area contributed by atoms with Crippen molar-refractivity contribution in [1.82, 2.24) is 0 Å². The molecule has 0 saturated heterocycles. The number of aromatic hydroxyl groups is 1. The van der Waals surface area contributed by atoms with Gasteiger partial charge in [0.15, 0.2) is 0 Å². The third-order valence-electron chi connectivity index (χ3n) is 2.67. The number of carbonyl (C=O) groups is 1. The second-order valence-corrected chi connectivity index (χ2v) is 4.25. The first-order chi connectivity index (χ1) is 8.04. The maximum Gasteiger partial charge on any atom is 0.224 e. The Morgan fingerprint density at radius 1 is 1.29 bits per heavy atom. The van der Waals surface area contributed by atoms with E-state index in [9.17, 15) is 9.90 Å². The molecule has 94 valence electrons. The van der Waals surface area contributed by atoms with Crippen LogP contribution in [0.25, 0.3) is 0 Å². The Balaban J connectivity index is 2.62. The molecule has 0 spiro atoms. The van der Waals surface area contributed by atoms with Crippen molar-refractivity contribution < 1.29 is 9.90 Å². The molecule has 1 aromatic carbocycles. The van der Waals surface area contributed by atoms with Crippen molar-refractivity contribution in [3.05, 3.63) is 23.3 Å². The molecule has 1 aromatic rings. The maximum absolute atomic E-state index is 11.6. The van der Waals surface area contributed by atoms with Crippen molar-refractivity contribution in [3.8, 4) is 5.75 Å². The van der Waals surface area contributed by atoms with Crippen LogP contribution in [-0.4, -0.2) is 17.6 Å². The fourth-order valence-electron chi connectivity index (χ4n) is 1.58. The number of benzene rings is 1. The van der Waals surface area contributed by atoms with Crippen LogP contribution in [0.2, 0.25) is 0 Å². The number of rotatable bonds is 5. The van der Waals surface area contributed by atoms with E-state index in [0.29, 0.717) is 13.0 Å². The number of carbonyl (C=O) groups excluding carboxylic acids is 1. The van der Waals surface area contributed by atoms with Crippen molar-refractivity contribution in [2.75, 3.05) is 11.9 Å². The van der Waals surface area contributed by atoms with E-state index in [-0.39, 0.29) is 11.7 Å². The Bertz CT molecular complexity index is 403. The number of unbranched alkanes of at least 4 members (excludes halogenated alkanes) is 1. The van der Waals surface area contributed by atoms with E-state index in [0.717, 1.165) is 29.7 Å². The first-order valence-corrected chi connectivity index (χ1v) is 5.84. The van der Waals surface area contributed by atoms with Crippen LogP contribution in [0.5, 0.6) is 5.75 Å². The Morgan fingerprint density at radius 2 is 2.00 bits per heavy atom. The lowest BCUT2D eigenvalue weighted by molar-refractivity contribution is -0.116. The van der Waals surface area contributed by atoms with E-state index in [2.05, 4.69) is 5.32 Å². The Morgan fingerprint density at radius 3 is 2.65 bits per heavy atom. The zero-order valence-corrected chi connectivity index (χ0v) is 10.4. The molecule has 17 heavy (non-hydrogen) atoms. The summed E-state index contributed by atoms with van der Waals surface area (Å²) in [6, 6.07) is 3.44. The Hall–Kier alpha value is -1.55. The number of nitrogens with two attached hydrogens (primary N) is 1. The predicted molar refractivity (Wildman–Crippen MR) is 69.1 cm³/mol. The van der Waals surface area contributed by atoms with Crippen LogP contribution in [0.15, 0.2) is 12.1 Å². The van der Waals surface area contributed by atoms with E-state index in [1.807, 2.05) is 6.92 Å². The summed E-state index contributed by atoms with van der Waals surface area (Å²) < 4.78 is 0. The van der Waals surface area contributed by atoms with Gasteiger partial charge in [0, 0.05) is 12.1 Å². The van der Waals surface area contributed by atoms with Crippen molar-refractivity contribution >= 4 is 11.6 Å². The molecule has 0 radical (unpaired) electrons. The number of hydrogen-bond donors (Lipinski definition) is 3. The quantitative estimate of drug-likeness (QED) is 0.541. The van der Waals surface area contributed by atoms with Gasteiger partial charge >= 0.3 is 0 Å². The standard InChI is InChI=1S/C13H20N2O2/c1-9-8-12(16)10(2)7-11(9)15-13(17)5-3-4-6-14/h7-8,16H,3-6,14H2,1-2H3,(H,15,17). The molecule has 1 rings (SSSR count). The molecule has 4 nitrogen and oxygen atoms in total. The van der Waals surface area contributed by atoms with Gasteiger partial charge in [-0.15, -0.1) is 0 Å². The van der Waals surface area contributed by atoms with Gasteiger partial charge in [-0.25, -0.2) is 0 Å². The Labute approximate surface area is 102 Å². The molecular weight excluding hydrogens is 216 g/mol. The SMILES string of the molecule is Cc1cc(NC(=O)CCCCN)c(C)cc1O. The Kier molecular flexibility index (Phi) is 4.97. The molecule has 0 aliphatic heterocycles. The summed E-state index contributed by atoms with van der Waals surface area (Å²) in [6.07, 6.45) is 2.15. The van der Waals surface area contributed by atoms with Crippen LogP contribution in [0.4, 0.5) is 5.69 Å². The molecule has 1 amide bonds. The highest BCUT2D eigenvalue weighted by atomic mass is 16.3. The normalized spacial score (nSPS) is 10.3. The first kappa shape index (κ1) is 13.5. The summed E-state index contributed by atoms with van der Waals surface area (Å²) in [5, 5.41) is 12.4. The van der Waals surface area contributed by atoms with E-state index in [4.69, 9.17) is 5.73 Å². The van der Waals surface area contributed by atoms with Crippen LogP contribution in [-0.2, 0) is 4.79 Å². The van der Waals surface area contributed by atoms with Crippen molar-refractivity contribution in [2.45, 2.75) is 33.1 Å². The number of anilines is 1. The summed E-state index contributed by atoms with van der Waals surface area (Å²) in [4.78, 5) is 11.6. The third kappa shape index (κ3) is 4.07. The first-order valence-electron chi connectivity index (χ1n) is 5.84. The van der Waals surface area contributed by atoms with Crippen LogP contribution in [0, 0.1) is 13.8 Å². The number of amides is 1. The van der Waals surface area contributed by atoms with E-state index >= 15 is 0 Å². The summed E-state index contributed by atoms with van der Waals surface area (Å²) in [7, 11) is 0. The van der Waals surface area contributed by atoms with Crippen molar-refractivity contribution in [3.63, 3.8) is 0 Å². The average molecular weight is 236 g/mol. The topological polar surface area (TPSA) is 75.4 Å². The molecule has 0 atom stereocenters. The molecule has 0 aliphatic rings. The average Bonchev–Trinajstić information content (AvgIpc) is 2.26. The second-order valence-electron chi connectivity index (χ2n) is 4.25. The van der Waals surface area contributed by atoms with Crippen molar-refractivity contribution in [2.24, 2.45) is 5.73 Å². The van der Waals surface area contributed by atoms with Gasteiger partial charge in [-0.1, -0.05) is 0 Å². The maximum atomic E-state index is 11.6. The summed E-state index contributed by atoms with van der Waals surface area (Å²) in [5.74, 6) is 0.246. The van der Waals surface area contributed by atoms with Crippen LogP contribution < -0.4 is 11.1 Å². The van der Waals surface area contributed by atoms with Gasteiger partial charge in [0.1, 0.15) is 5.75 Å². The monoisotopic (exact) mass is 236 g/mol. The highest BCUT2D eigenvalue weighted by Crippen LogP contribution is 2.25. The molecule has 0 bridgehead atoms. The number of phenolic OH excluding ortho intramolecular Hbond substituents is 1. The number of phenols is 1. The lowest BCUT2D eigenvalue weighted by Crippen LogP contribution is -2.13. The fourth-order valence-corrected chi connectivity index (χ4v) is 1.58. The van der Waals surface area contributed by atoms with E-state index in [1.54, 1.807) is 19.1 Å². The summed E-state index contributed by atoms with van der Waals surface area (Å²) >= 11 is 0. The minimum atomic E-state index is -0.00774. The molecule has 4 heteroatoms. The molecule has 0 heterocycles. The summed E-state index contributed by atoms with van der Waals surface area (Å²) in [6.45, 7) is 4.28. The zero-order chi connectivity index (χ0) is 12.8. The third-order valence-corrected chi connectivity index (χ3v) is 2.67. The second kappa shape index (κ2) is 6.25. The molecule has 4 N–H and O–H groups in total. The molecule has 0 fully saturated rings. The summed E-state index contributed by atoms with van der Waals surface area (Å²) in [5.41, 5.74) is 7.75. The molecule has 0 aromatic heterocycles. The molecule has 0 unspecified atom stereocenters. The lowest BCUT2D eigenvalue weighted by Gasteiger charge is -2.10. The smallest absolute Gasteiger partial charge is 0.224 e. The van der Waals surface area contributed by atoms with Gasteiger partial charge in [0.25, 0.3) is 0 Å². The minimum absolute atomic E-state index is 0.00774. The van der Waals surface area contributed by atoms with E-state index in [1.165, 1.54) is 0 Å². The number of hydrogen-bond acceptors (Lipinski definition) is 3. The van der Waals surface area contributed by atoms with Crippen LogP contribution in [0.3, 0.4) is 0 Å². The zero-order valence-electron chi connectivity index (χ0n) is 10.4. The van der Waals surface area contributed by atoms with Gasteiger partial charge in [-0.05, 0) is 56.5 Å². The van der Waals surface area contributed by atoms with Crippen LogP contribution >= 0.6 is 0 Å². The van der Waals surface area contributed by atoms with Gasteiger partial charge < -0.3 is 16.2 Å². The van der Waals surface area contributed by atoms with Crippen LogP contribution in [0.1, 0.15) is 30.4 Å². The highest BCUT2D eigenvalue weighted by Gasteiger charge is 2.07. The van der Waals surface area contributed by atoms with Gasteiger partial charge in [-0.3, -0.25) is 4.79 Å². The number of nitrogens with one attached hydrogen (secondary N) is 1. The predicted octanol–water partition coefficient (Wildman–Crippen LogP) is 2.08. The van der Waals surface area contributed by atoms with E-state index < -0.39 is 0 Å². The van der Waals surface area contributed by atoms with Gasteiger partial charge in [0.2, 0.25) is 5.91 Å². The lowest BCUT2D eigenvalue weighted by atomic mass is 10.1.